The van der Waals surface area contributed by atoms with E-state index in [4.69, 9.17) is 27.6 Å². The van der Waals surface area contributed by atoms with E-state index in [-0.39, 0.29) is 17.9 Å². The molecule has 0 aliphatic rings. The smallest absolute Gasteiger partial charge is 0.313 e. The number of halogens is 2. The fourth-order valence-electron chi connectivity index (χ4n) is 2.59. The maximum atomic E-state index is 12.3. The third-order valence-electron chi connectivity index (χ3n) is 4.15. The third-order valence-corrected chi connectivity index (χ3v) is 4.64. The van der Waals surface area contributed by atoms with E-state index in [1.54, 1.807) is 48.5 Å². The lowest BCUT2D eigenvalue weighted by molar-refractivity contribution is -0.136. The van der Waals surface area contributed by atoms with Gasteiger partial charge in [0.1, 0.15) is 23.2 Å². The summed E-state index contributed by atoms with van der Waals surface area (Å²) in [6.07, 6.45) is 1.27. The fourth-order valence-corrected chi connectivity index (χ4v) is 2.91. The summed E-state index contributed by atoms with van der Waals surface area (Å²) in [5, 5.41) is 17.7. The molecule has 0 unspecified atom stereocenters. The fraction of sp³-hybridized carbons (Fsp3) is 0.0435. The number of benzene rings is 2. The number of nitriles is 1. The predicted molar refractivity (Wildman–Crippen MR) is 124 cm³/mol. The van der Waals surface area contributed by atoms with Gasteiger partial charge in [0, 0.05) is 27.5 Å². The van der Waals surface area contributed by atoms with Gasteiger partial charge in [0.2, 0.25) is 0 Å². The van der Waals surface area contributed by atoms with E-state index in [1.165, 1.54) is 18.2 Å². The summed E-state index contributed by atoms with van der Waals surface area (Å²) in [4.78, 5) is 36.3. The van der Waals surface area contributed by atoms with E-state index in [0.29, 0.717) is 27.2 Å². The first-order chi connectivity index (χ1) is 15.8. The summed E-state index contributed by atoms with van der Waals surface area (Å²) in [5.41, 5.74) is 0.675. The van der Waals surface area contributed by atoms with Gasteiger partial charge in [-0.2, -0.15) is 5.26 Å². The average Bonchev–Trinajstić information content (AvgIpc) is 3.24. The molecule has 0 aliphatic heterocycles. The maximum Gasteiger partial charge on any atom is 0.313 e. The van der Waals surface area contributed by atoms with E-state index in [0.717, 1.165) is 0 Å². The van der Waals surface area contributed by atoms with Crippen molar-refractivity contribution < 1.29 is 18.8 Å². The van der Waals surface area contributed by atoms with Crippen LogP contribution >= 0.6 is 23.2 Å². The van der Waals surface area contributed by atoms with Crippen molar-refractivity contribution in [1.29, 1.82) is 5.26 Å². The molecular formula is C23H16Cl2N4O4. The van der Waals surface area contributed by atoms with Crippen LogP contribution in [-0.2, 0) is 20.9 Å². The molecular weight excluding hydrogens is 467 g/mol. The van der Waals surface area contributed by atoms with Gasteiger partial charge in [-0.1, -0.05) is 29.3 Å². The van der Waals surface area contributed by atoms with Crippen LogP contribution in [0.1, 0.15) is 11.5 Å². The standard InChI is InChI=1S/C23H16Cl2N4O4/c24-15-4-6-17(7-5-15)28-21(30)14(12-26)10-19-8-9-20(33-19)13-27-22(31)23(32)29-18-3-1-2-16(25)11-18/h1-11H,13H2,(H,27,31)(H,28,30)(H,29,32)/b14-10-. The third kappa shape index (κ3) is 6.97. The summed E-state index contributed by atoms with van der Waals surface area (Å²) in [7, 11) is 0. The van der Waals surface area contributed by atoms with Gasteiger partial charge < -0.3 is 20.4 Å². The lowest BCUT2D eigenvalue weighted by Crippen LogP contribution is -2.34. The topological polar surface area (TPSA) is 124 Å². The molecule has 8 nitrogen and oxygen atoms in total. The Kier molecular flexibility index (Phi) is 7.86. The summed E-state index contributed by atoms with van der Waals surface area (Å²) < 4.78 is 5.51. The summed E-state index contributed by atoms with van der Waals surface area (Å²) >= 11 is 11.7. The minimum Gasteiger partial charge on any atom is -0.460 e. The number of nitrogens with zero attached hydrogens (tertiary/aromatic N) is 1. The SMILES string of the molecule is N#C/C(=C/c1ccc(CNC(=O)C(=O)Nc2cccc(Cl)c2)o1)C(=O)Nc1ccc(Cl)cc1. The normalized spacial score (nSPS) is 10.8. The molecule has 0 fully saturated rings. The Morgan fingerprint density at radius 3 is 2.30 bits per heavy atom. The van der Waals surface area contributed by atoms with Crippen LogP contribution in [0.15, 0.2) is 70.7 Å². The van der Waals surface area contributed by atoms with Crippen molar-refractivity contribution in [2.24, 2.45) is 0 Å². The zero-order valence-electron chi connectivity index (χ0n) is 16.9. The molecule has 1 aromatic heterocycles. The second-order valence-corrected chi connectivity index (χ2v) is 7.45. The van der Waals surface area contributed by atoms with Crippen molar-refractivity contribution in [2.45, 2.75) is 6.54 Å². The van der Waals surface area contributed by atoms with Crippen molar-refractivity contribution in [3.8, 4) is 6.07 Å². The minimum atomic E-state index is -0.872. The Balaban J connectivity index is 1.56. The van der Waals surface area contributed by atoms with E-state index in [9.17, 15) is 19.6 Å². The summed E-state index contributed by atoms with van der Waals surface area (Å²) in [5.74, 6) is -1.81. The second-order valence-electron chi connectivity index (χ2n) is 6.58. The van der Waals surface area contributed by atoms with Crippen LogP contribution < -0.4 is 16.0 Å². The molecule has 33 heavy (non-hydrogen) atoms. The van der Waals surface area contributed by atoms with Gasteiger partial charge in [0.15, 0.2) is 0 Å². The highest BCUT2D eigenvalue weighted by atomic mass is 35.5. The second kappa shape index (κ2) is 11.0. The maximum absolute atomic E-state index is 12.3. The highest BCUT2D eigenvalue weighted by Gasteiger charge is 2.15. The quantitative estimate of drug-likeness (QED) is 0.273. The average molecular weight is 483 g/mol. The molecule has 0 aliphatic carbocycles. The Bertz CT molecular complexity index is 1260. The zero-order chi connectivity index (χ0) is 23.8. The molecule has 3 amide bonds. The van der Waals surface area contributed by atoms with Crippen LogP contribution in [0.25, 0.3) is 6.08 Å². The number of carbonyl (C=O) groups is 3. The Hall–Kier alpha value is -4.06. The van der Waals surface area contributed by atoms with Gasteiger partial charge in [-0.3, -0.25) is 14.4 Å². The van der Waals surface area contributed by atoms with Crippen LogP contribution in [0, 0.1) is 11.3 Å². The molecule has 3 N–H and O–H groups in total. The summed E-state index contributed by atoms with van der Waals surface area (Å²) in [6, 6.07) is 17.7. The van der Waals surface area contributed by atoms with Gasteiger partial charge in [0.25, 0.3) is 5.91 Å². The molecule has 0 radical (unpaired) electrons. The lowest BCUT2D eigenvalue weighted by atomic mass is 10.2. The predicted octanol–water partition coefficient (Wildman–Crippen LogP) is 4.39. The number of rotatable bonds is 6. The van der Waals surface area contributed by atoms with E-state index in [2.05, 4.69) is 16.0 Å². The molecule has 0 spiro atoms. The van der Waals surface area contributed by atoms with Crippen molar-refractivity contribution in [2.75, 3.05) is 10.6 Å². The first kappa shape index (κ1) is 23.6. The van der Waals surface area contributed by atoms with Gasteiger partial charge in [0.05, 0.1) is 6.54 Å². The summed E-state index contributed by atoms with van der Waals surface area (Å²) in [6.45, 7) is -0.0749. The van der Waals surface area contributed by atoms with Crippen molar-refractivity contribution in [3.05, 3.63) is 87.8 Å². The molecule has 10 heteroatoms. The molecule has 3 aromatic rings. The number of hydrogen-bond acceptors (Lipinski definition) is 5. The Morgan fingerprint density at radius 2 is 1.61 bits per heavy atom. The van der Waals surface area contributed by atoms with Crippen molar-refractivity contribution in [3.63, 3.8) is 0 Å². The highest BCUT2D eigenvalue weighted by Crippen LogP contribution is 2.17. The van der Waals surface area contributed by atoms with E-state index < -0.39 is 17.7 Å². The van der Waals surface area contributed by atoms with E-state index in [1.807, 2.05) is 6.07 Å². The number of amides is 3. The van der Waals surface area contributed by atoms with Crippen molar-refractivity contribution >= 4 is 58.4 Å². The van der Waals surface area contributed by atoms with Crippen LogP contribution in [0.2, 0.25) is 10.0 Å². The first-order valence-corrected chi connectivity index (χ1v) is 10.2. The lowest BCUT2D eigenvalue weighted by Gasteiger charge is -2.06. The van der Waals surface area contributed by atoms with Gasteiger partial charge in [-0.05, 0) is 54.6 Å². The van der Waals surface area contributed by atoms with Crippen LogP contribution in [-0.4, -0.2) is 17.7 Å². The minimum absolute atomic E-state index is 0.0749. The molecule has 2 aromatic carbocycles. The molecule has 166 valence electrons. The molecule has 0 saturated carbocycles. The molecule has 3 rings (SSSR count). The number of anilines is 2. The molecule has 0 atom stereocenters. The molecule has 0 bridgehead atoms. The van der Waals surface area contributed by atoms with Gasteiger partial charge in [-0.25, -0.2) is 0 Å². The van der Waals surface area contributed by atoms with Crippen molar-refractivity contribution in [1.82, 2.24) is 5.32 Å². The van der Waals surface area contributed by atoms with Crippen LogP contribution in [0.4, 0.5) is 11.4 Å². The van der Waals surface area contributed by atoms with Crippen LogP contribution in [0.3, 0.4) is 0 Å². The number of nitrogens with one attached hydrogen (secondary N) is 3. The monoisotopic (exact) mass is 482 g/mol. The largest absolute Gasteiger partial charge is 0.460 e. The van der Waals surface area contributed by atoms with Gasteiger partial charge >= 0.3 is 11.8 Å². The number of hydrogen-bond donors (Lipinski definition) is 3. The van der Waals surface area contributed by atoms with Crippen LogP contribution in [0.5, 0.6) is 0 Å². The molecule has 1 heterocycles. The molecule has 0 saturated heterocycles. The Morgan fingerprint density at radius 1 is 0.879 bits per heavy atom. The Labute approximate surface area is 198 Å². The van der Waals surface area contributed by atoms with Gasteiger partial charge in [-0.15, -0.1) is 0 Å². The number of carbonyl (C=O) groups excluding carboxylic acids is 3. The zero-order valence-corrected chi connectivity index (χ0v) is 18.4. The number of furan rings is 1. The highest BCUT2D eigenvalue weighted by molar-refractivity contribution is 6.39. The first-order valence-electron chi connectivity index (χ1n) is 9.46. The van der Waals surface area contributed by atoms with E-state index >= 15 is 0 Å².